The molecule has 6 heteroatoms. The van der Waals surface area contributed by atoms with E-state index in [9.17, 15) is 19.1 Å². The van der Waals surface area contributed by atoms with E-state index in [1.165, 1.54) is 19.2 Å². The van der Waals surface area contributed by atoms with Crippen LogP contribution in [0.4, 0.5) is 4.39 Å². The molecule has 0 saturated carbocycles. The Bertz CT molecular complexity index is 538. The summed E-state index contributed by atoms with van der Waals surface area (Å²) in [5.41, 5.74) is 0.564. The summed E-state index contributed by atoms with van der Waals surface area (Å²) in [6.45, 7) is 1.01. The predicted molar refractivity (Wildman–Crippen MR) is 73.1 cm³/mol. The molecule has 0 atom stereocenters. The molecule has 1 heterocycles. The van der Waals surface area contributed by atoms with Crippen molar-refractivity contribution >= 4 is 11.9 Å². The zero-order valence-corrected chi connectivity index (χ0v) is 11.8. The first-order chi connectivity index (χ1) is 10.0. The minimum atomic E-state index is -0.704. The fourth-order valence-corrected chi connectivity index (χ4v) is 2.49. The van der Waals surface area contributed by atoms with Gasteiger partial charge in [0.2, 0.25) is 5.91 Å². The lowest BCUT2D eigenvalue weighted by Gasteiger charge is -2.30. The van der Waals surface area contributed by atoms with Gasteiger partial charge in [0.1, 0.15) is 0 Å². The zero-order chi connectivity index (χ0) is 15.4. The van der Waals surface area contributed by atoms with Crippen LogP contribution in [0.15, 0.2) is 18.2 Å². The number of ether oxygens (including phenoxy) is 1. The van der Waals surface area contributed by atoms with Crippen LogP contribution in [0.2, 0.25) is 0 Å². The van der Waals surface area contributed by atoms with Crippen LogP contribution in [0.5, 0.6) is 5.75 Å². The quantitative estimate of drug-likeness (QED) is 0.858. The van der Waals surface area contributed by atoms with Crippen molar-refractivity contribution in [1.82, 2.24) is 4.90 Å². The van der Waals surface area contributed by atoms with Crippen molar-refractivity contribution in [3.05, 3.63) is 29.6 Å². The number of likely N-dealkylation sites (tertiary alicyclic amines) is 1. The number of benzene rings is 1. The van der Waals surface area contributed by atoms with Crippen LogP contribution in [0.1, 0.15) is 18.4 Å². The van der Waals surface area contributed by atoms with Crippen molar-refractivity contribution in [3.63, 3.8) is 0 Å². The van der Waals surface area contributed by atoms with E-state index < -0.39 is 11.6 Å². The van der Waals surface area contributed by atoms with Gasteiger partial charge >= 0.3 is 5.97 Å². The number of carbonyl (C=O) groups is 2. The Balaban J connectivity index is 1.90. The highest BCUT2D eigenvalue weighted by molar-refractivity contribution is 5.79. The molecular formula is C15H18FNO4. The number of aromatic hydroxyl groups is 1. The number of nitrogens with zero attached hydrogens (tertiary/aromatic N) is 1. The van der Waals surface area contributed by atoms with E-state index in [4.69, 9.17) is 4.74 Å². The van der Waals surface area contributed by atoms with Gasteiger partial charge in [0.05, 0.1) is 19.4 Å². The molecule has 21 heavy (non-hydrogen) atoms. The molecule has 114 valence electrons. The van der Waals surface area contributed by atoms with Crippen molar-refractivity contribution < 1.29 is 23.8 Å². The molecule has 1 aromatic carbocycles. The number of methoxy groups -OCH3 is 1. The average molecular weight is 295 g/mol. The van der Waals surface area contributed by atoms with E-state index in [1.54, 1.807) is 4.90 Å². The molecule has 1 aliphatic heterocycles. The first-order valence-electron chi connectivity index (χ1n) is 6.84. The number of halogens is 1. The number of amides is 1. The Hall–Kier alpha value is -2.11. The number of phenols is 1. The fourth-order valence-electron chi connectivity index (χ4n) is 2.49. The molecule has 0 unspecified atom stereocenters. The summed E-state index contributed by atoms with van der Waals surface area (Å²) < 4.78 is 17.7. The minimum Gasteiger partial charge on any atom is -0.505 e. The van der Waals surface area contributed by atoms with Crippen LogP contribution in [0.3, 0.4) is 0 Å². The molecule has 0 aromatic heterocycles. The molecule has 1 aromatic rings. The van der Waals surface area contributed by atoms with Crippen LogP contribution in [-0.4, -0.2) is 42.1 Å². The van der Waals surface area contributed by atoms with E-state index in [0.29, 0.717) is 31.5 Å². The van der Waals surface area contributed by atoms with Crippen LogP contribution < -0.4 is 0 Å². The average Bonchev–Trinajstić information content (AvgIpc) is 2.50. The highest BCUT2D eigenvalue weighted by Crippen LogP contribution is 2.21. The maximum Gasteiger partial charge on any atom is 0.308 e. The van der Waals surface area contributed by atoms with E-state index >= 15 is 0 Å². The van der Waals surface area contributed by atoms with E-state index in [-0.39, 0.29) is 24.2 Å². The largest absolute Gasteiger partial charge is 0.505 e. The predicted octanol–water partition coefficient (Wildman–Crippen LogP) is 1.49. The molecular weight excluding hydrogens is 277 g/mol. The Labute approximate surface area is 122 Å². The third kappa shape index (κ3) is 3.71. The molecule has 1 amide bonds. The summed E-state index contributed by atoms with van der Waals surface area (Å²) in [6.07, 6.45) is 1.29. The van der Waals surface area contributed by atoms with Crippen molar-refractivity contribution in [2.24, 2.45) is 5.92 Å². The van der Waals surface area contributed by atoms with Crippen molar-refractivity contribution in [1.29, 1.82) is 0 Å². The number of rotatable bonds is 3. The third-order valence-electron chi connectivity index (χ3n) is 3.75. The molecule has 0 aliphatic carbocycles. The van der Waals surface area contributed by atoms with Gasteiger partial charge in [-0.2, -0.15) is 0 Å². The van der Waals surface area contributed by atoms with Gasteiger partial charge in [0, 0.05) is 13.1 Å². The number of piperidine rings is 1. The van der Waals surface area contributed by atoms with Gasteiger partial charge in [0.25, 0.3) is 0 Å². The van der Waals surface area contributed by atoms with E-state index in [2.05, 4.69) is 0 Å². The summed E-state index contributed by atoms with van der Waals surface area (Å²) in [5.74, 6) is -1.63. The van der Waals surface area contributed by atoms with Gasteiger partial charge in [0.15, 0.2) is 11.6 Å². The number of esters is 1. The third-order valence-corrected chi connectivity index (χ3v) is 3.75. The summed E-state index contributed by atoms with van der Waals surface area (Å²) in [7, 11) is 1.36. The number of carbonyl (C=O) groups excluding carboxylic acids is 2. The maximum atomic E-state index is 13.0. The molecule has 1 aliphatic rings. The summed E-state index contributed by atoms with van der Waals surface area (Å²) in [4.78, 5) is 25.2. The van der Waals surface area contributed by atoms with Gasteiger partial charge in [-0.1, -0.05) is 6.07 Å². The Morgan fingerprint density at radius 2 is 2.05 bits per heavy atom. The normalized spacial score (nSPS) is 15.8. The maximum absolute atomic E-state index is 13.0. The van der Waals surface area contributed by atoms with Gasteiger partial charge in [-0.15, -0.1) is 0 Å². The van der Waals surface area contributed by atoms with Crippen LogP contribution >= 0.6 is 0 Å². The van der Waals surface area contributed by atoms with Gasteiger partial charge < -0.3 is 14.7 Å². The smallest absolute Gasteiger partial charge is 0.308 e. The van der Waals surface area contributed by atoms with Crippen molar-refractivity contribution in [2.75, 3.05) is 20.2 Å². The first-order valence-corrected chi connectivity index (χ1v) is 6.84. The minimum absolute atomic E-state index is 0.0932. The van der Waals surface area contributed by atoms with Gasteiger partial charge in [-0.3, -0.25) is 9.59 Å². The first kappa shape index (κ1) is 15.3. The molecule has 0 bridgehead atoms. The molecule has 2 rings (SSSR count). The highest BCUT2D eigenvalue weighted by Gasteiger charge is 2.27. The van der Waals surface area contributed by atoms with Crippen LogP contribution in [0, 0.1) is 11.7 Å². The molecule has 5 nitrogen and oxygen atoms in total. The van der Waals surface area contributed by atoms with E-state index in [0.717, 1.165) is 6.07 Å². The standard InChI is InChI=1S/C15H18FNO4/c1-21-15(20)11-4-6-17(7-5-11)14(19)9-10-2-3-12(16)13(18)8-10/h2-3,8,11,18H,4-7,9H2,1H3. The molecule has 1 fully saturated rings. The number of hydrogen-bond donors (Lipinski definition) is 1. The second-order valence-electron chi connectivity index (χ2n) is 5.14. The fraction of sp³-hybridized carbons (Fsp3) is 0.467. The number of phenolic OH excluding ortho intramolecular Hbond substituents is 1. The lowest BCUT2D eigenvalue weighted by atomic mass is 9.96. The second-order valence-corrected chi connectivity index (χ2v) is 5.14. The summed E-state index contributed by atoms with van der Waals surface area (Å²) >= 11 is 0. The van der Waals surface area contributed by atoms with Crippen molar-refractivity contribution in [2.45, 2.75) is 19.3 Å². The topological polar surface area (TPSA) is 66.8 Å². The summed E-state index contributed by atoms with van der Waals surface area (Å²) in [6, 6.07) is 3.88. The monoisotopic (exact) mass is 295 g/mol. The van der Waals surface area contributed by atoms with Crippen molar-refractivity contribution in [3.8, 4) is 5.75 Å². The molecule has 0 radical (unpaired) electrons. The van der Waals surface area contributed by atoms with Gasteiger partial charge in [-0.25, -0.2) is 4.39 Å². The lowest BCUT2D eigenvalue weighted by Crippen LogP contribution is -2.41. The SMILES string of the molecule is COC(=O)C1CCN(C(=O)Cc2ccc(F)c(O)c2)CC1. The Morgan fingerprint density at radius 3 is 2.62 bits per heavy atom. The van der Waals surface area contributed by atoms with Crippen LogP contribution in [0.25, 0.3) is 0 Å². The molecule has 1 N–H and O–H groups in total. The van der Waals surface area contributed by atoms with Crippen LogP contribution in [-0.2, 0) is 20.7 Å². The lowest BCUT2D eigenvalue weighted by molar-refractivity contribution is -0.148. The Morgan fingerprint density at radius 1 is 1.38 bits per heavy atom. The highest BCUT2D eigenvalue weighted by atomic mass is 19.1. The zero-order valence-electron chi connectivity index (χ0n) is 11.8. The second kappa shape index (κ2) is 6.56. The number of hydrogen-bond acceptors (Lipinski definition) is 4. The van der Waals surface area contributed by atoms with Gasteiger partial charge in [-0.05, 0) is 30.5 Å². The Kier molecular flexibility index (Phi) is 4.77. The molecule has 1 saturated heterocycles. The summed E-state index contributed by atoms with van der Waals surface area (Å²) in [5, 5.41) is 9.29. The van der Waals surface area contributed by atoms with E-state index in [1.807, 2.05) is 0 Å². The molecule has 0 spiro atoms.